The first-order valence-electron chi connectivity index (χ1n) is 6.72. The average molecular weight is 275 g/mol. The molecule has 2 rings (SSSR count). The summed E-state index contributed by atoms with van der Waals surface area (Å²) in [6, 6.07) is 7.95. The van der Waals surface area contributed by atoms with E-state index in [1.165, 1.54) is 12.1 Å². The Morgan fingerprint density at radius 2 is 1.95 bits per heavy atom. The van der Waals surface area contributed by atoms with Crippen LogP contribution in [0.25, 0.3) is 0 Å². The lowest BCUT2D eigenvalue weighted by molar-refractivity contribution is 0.613. The second kappa shape index (κ2) is 6.32. The molecule has 1 aromatic carbocycles. The quantitative estimate of drug-likeness (QED) is 0.911. The Morgan fingerprint density at radius 1 is 1.25 bits per heavy atom. The van der Waals surface area contributed by atoms with Crippen LogP contribution in [0, 0.1) is 5.82 Å². The lowest BCUT2D eigenvalue weighted by Gasteiger charge is -2.19. The predicted octanol–water partition coefficient (Wildman–Crippen LogP) is 2.35. The van der Waals surface area contributed by atoms with Crippen molar-refractivity contribution < 1.29 is 4.39 Å². The highest BCUT2D eigenvalue weighted by atomic mass is 19.1. The molecule has 0 amide bonds. The molecule has 20 heavy (non-hydrogen) atoms. The third kappa shape index (κ3) is 3.23. The van der Waals surface area contributed by atoms with Gasteiger partial charge in [0.2, 0.25) is 5.95 Å². The summed E-state index contributed by atoms with van der Waals surface area (Å²) in [4.78, 5) is 20.8. The number of H-pyrrole nitrogens is 1. The first kappa shape index (κ1) is 14.2. The van der Waals surface area contributed by atoms with Crippen LogP contribution in [0.2, 0.25) is 0 Å². The highest BCUT2D eigenvalue weighted by molar-refractivity contribution is 5.31. The van der Waals surface area contributed by atoms with Gasteiger partial charge in [0.25, 0.3) is 5.56 Å². The number of aromatic amines is 1. The molecule has 0 spiro atoms. The summed E-state index contributed by atoms with van der Waals surface area (Å²) < 4.78 is 13.6. The molecular weight excluding hydrogens is 257 g/mol. The van der Waals surface area contributed by atoms with Crippen LogP contribution in [0.1, 0.15) is 25.1 Å². The minimum absolute atomic E-state index is 0.215. The summed E-state index contributed by atoms with van der Waals surface area (Å²) >= 11 is 0. The third-order valence-corrected chi connectivity index (χ3v) is 3.17. The van der Waals surface area contributed by atoms with Crippen molar-refractivity contribution in [3.8, 4) is 0 Å². The molecule has 5 heteroatoms. The van der Waals surface area contributed by atoms with Crippen molar-refractivity contribution in [2.45, 2.75) is 20.3 Å². The van der Waals surface area contributed by atoms with Crippen LogP contribution in [0.3, 0.4) is 0 Å². The highest BCUT2D eigenvalue weighted by Gasteiger charge is 2.09. The van der Waals surface area contributed by atoms with E-state index in [0.29, 0.717) is 23.6 Å². The Balaban J connectivity index is 2.33. The van der Waals surface area contributed by atoms with Crippen LogP contribution in [-0.4, -0.2) is 23.1 Å². The maximum Gasteiger partial charge on any atom is 0.252 e. The molecule has 0 saturated carbocycles. The van der Waals surface area contributed by atoms with E-state index in [1.807, 2.05) is 18.7 Å². The van der Waals surface area contributed by atoms with E-state index in [9.17, 15) is 9.18 Å². The fraction of sp³-hybridized carbons (Fsp3) is 0.333. The molecule has 0 saturated heterocycles. The number of hydrogen-bond acceptors (Lipinski definition) is 3. The van der Waals surface area contributed by atoms with Gasteiger partial charge in [-0.05, 0) is 25.5 Å². The van der Waals surface area contributed by atoms with E-state index in [-0.39, 0.29) is 11.4 Å². The Kier molecular flexibility index (Phi) is 4.50. The zero-order valence-corrected chi connectivity index (χ0v) is 11.7. The summed E-state index contributed by atoms with van der Waals surface area (Å²) in [5.74, 6) is 0.257. The molecule has 0 aliphatic rings. The Labute approximate surface area is 117 Å². The Hall–Kier alpha value is -2.17. The van der Waals surface area contributed by atoms with Crippen molar-refractivity contribution in [1.29, 1.82) is 0 Å². The number of anilines is 1. The molecule has 0 atom stereocenters. The average Bonchev–Trinajstić information content (AvgIpc) is 2.42. The van der Waals surface area contributed by atoms with E-state index in [0.717, 1.165) is 13.1 Å². The topological polar surface area (TPSA) is 49.0 Å². The summed E-state index contributed by atoms with van der Waals surface area (Å²) in [7, 11) is 0. The van der Waals surface area contributed by atoms with E-state index in [4.69, 9.17) is 0 Å². The molecule has 0 fully saturated rings. The van der Waals surface area contributed by atoms with E-state index in [1.54, 1.807) is 18.2 Å². The minimum Gasteiger partial charge on any atom is -0.343 e. The van der Waals surface area contributed by atoms with Gasteiger partial charge in [-0.25, -0.2) is 9.37 Å². The second-order valence-electron chi connectivity index (χ2n) is 4.50. The standard InChI is InChI=1S/C15H18FN3O/c1-3-19(4-2)15-17-12(10-14(20)18-15)9-11-7-5-6-8-13(11)16/h5-8,10H,3-4,9H2,1-2H3,(H,17,18,20). The van der Waals surface area contributed by atoms with Gasteiger partial charge < -0.3 is 4.90 Å². The smallest absolute Gasteiger partial charge is 0.252 e. The molecule has 0 radical (unpaired) electrons. The van der Waals surface area contributed by atoms with Crippen molar-refractivity contribution in [3.05, 3.63) is 57.8 Å². The molecule has 0 aliphatic heterocycles. The zero-order valence-electron chi connectivity index (χ0n) is 11.7. The largest absolute Gasteiger partial charge is 0.343 e. The summed E-state index contributed by atoms with van der Waals surface area (Å²) in [5.41, 5.74) is 0.894. The highest BCUT2D eigenvalue weighted by Crippen LogP contribution is 2.12. The van der Waals surface area contributed by atoms with Crippen LogP contribution in [0.5, 0.6) is 0 Å². The third-order valence-electron chi connectivity index (χ3n) is 3.17. The van der Waals surface area contributed by atoms with E-state index < -0.39 is 0 Å². The lowest BCUT2D eigenvalue weighted by atomic mass is 10.1. The van der Waals surface area contributed by atoms with Gasteiger partial charge in [-0.3, -0.25) is 9.78 Å². The maximum absolute atomic E-state index is 13.6. The van der Waals surface area contributed by atoms with Crippen molar-refractivity contribution in [2.24, 2.45) is 0 Å². The molecule has 1 N–H and O–H groups in total. The SMILES string of the molecule is CCN(CC)c1nc(Cc2ccccc2F)cc(=O)[nH]1. The van der Waals surface area contributed by atoms with Crippen molar-refractivity contribution in [2.75, 3.05) is 18.0 Å². The molecule has 0 bridgehead atoms. The van der Waals surface area contributed by atoms with Crippen LogP contribution in [-0.2, 0) is 6.42 Å². The maximum atomic E-state index is 13.6. The van der Waals surface area contributed by atoms with Crippen LogP contribution < -0.4 is 10.5 Å². The number of benzene rings is 1. The van der Waals surface area contributed by atoms with Gasteiger partial charge in [-0.2, -0.15) is 0 Å². The second-order valence-corrected chi connectivity index (χ2v) is 4.50. The number of hydrogen-bond donors (Lipinski definition) is 1. The van der Waals surface area contributed by atoms with Gasteiger partial charge >= 0.3 is 0 Å². The van der Waals surface area contributed by atoms with E-state index >= 15 is 0 Å². The van der Waals surface area contributed by atoms with Crippen LogP contribution in [0.15, 0.2) is 35.1 Å². The Morgan fingerprint density at radius 3 is 2.60 bits per heavy atom. The van der Waals surface area contributed by atoms with Gasteiger partial charge in [-0.15, -0.1) is 0 Å². The van der Waals surface area contributed by atoms with Gasteiger partial charge in [0, 0.05) is 25.6 Å². The molecule has 2 aromatic rings. The summed E-state index contributed by atoms with van der Waals surface area (Å²) in [6.07, 6.45) is 0.310. The Bertz CT molecular complexity index is 635. The fourth-order valence-corrected chi connectivity index (χ4v) is 2.09. The lowest BCUT2D eigenvalue weighted by Crippen LogP contribution is -2.27. The van der Waals surface area contributed by atoms with Crippen LogP contribution >= 0.6 is 0 Å². The van der Waals surface area contributed by atoms with Crippen molar-refractivity contribution in [1.82, 2.24) is 9.97 Å². The molecule has 0 aliphatic carbocycles. The molecule has 1 heterocycles. The predicted molar refractivity (Wildman–Crippen MR) is 77.6 cm³/mol. The number of halogens is 1. The van der Waals surface area contributed by atoms with E-state index in [2.05, 4.69) is 9.97 Å². The number of aromatic nitrogens is 2. The van der Waals surface area contributed by atoms with Crippen LogP contribution in [0.4, 0.5) is 10.3 Å². The normalized spacial score (nSPS) is 10.6. The fourth-order valence-electron chi connectivity index (χ4n) is 2.09. The van der Waals surface area contributed by atoms with Gasteiger partial charge in [0.15, 0.2) is 0 Å². The molecule has 0 unspecified atom stereocenters. The number of rotatable bonds is 5. The van der Waals surface area contributed by atoms with Gasteiger partial charge in [0.1, 0.15) is 5.82 Å². The zero-order chi connectivity index (χ0) is 14.5. The molecule has 106 valence electrons. The first-order chi connectivity index (χ1) is 9.63. The summed E-state index contributed by atoms with van der Waals surface area (Å²) in [6.45, 7) is 5.49. The first-order valence-corrected chi connectivity index (χ1v) is 6.72. The van der Waals surface area contributed by atoms with Crippen molar-refractivity contribution >= 4 is 5.95 Å². The molecule has 4 nitrogen and oxygen atoms in total. The molecular formula is C15H18FN3O. The minimum atomic E-state index is -0.279. The number of nitrogens with one attached hydrogen (secondary N) is 1. The van der Waals surface area contributed by atoms with Crippen molar-refractivity contribution in [3.63, 3.8) is 0 Å². The monoisotopic (exact) mass is 275 g/mol. The number of nitrogens with zero attached hydrogens (tertiary/aromatic N) is 2. The summed E-state index contributed by atoms with van der Waals surface area (Å²) in [5, 5.41) is 0. The molecule has 1 aromatic heterocycles. The van der Waals surface area contributed by atoms with Gasteiger partial charge in [-0.1, -0.05) is 18.2 Å². The van der Waals surface area contributed by atoms with Gasteiger partial charge in [0.05, 0.1) is 5.69 Å².